The summed E-state index contributed by atoms with van der Waals surface area (Å²) in [5.41, 5.74) is 0.989. The quantitative estimate of drug-likeness (QED) is 0.689. The molecule has 0 unspecified atom stereocenters. The molecule has 3 aromatic rings. The fourth-order valence-corrected chi connectivity index (χ4v) is 3.92. The molecule has 0 amide bonds. The Kier molecular flexibility index (Phi) is 5.11. The number of hydrogen-bond acceptors (Lipinski definition) is 4. The first-order valence-electron chi connectivity index (χ1n) is 7.62. The summed E-state index contributed by atoms with van der Waals surface area (Å²) in [5.74, 6) is 0.627. The Morgan fingerprint density at radius 2 is 1.73 bits per heavy atom. The molecular weight excluding hydrogens is 376 g/mol. The van der Waals surface area contributed by atoms with E-state index in [2.05, 4.69) is 4.72 Å². The lowest BCUT2D eigenvalue weighted by molar-refractivity contribution is 0.392. The van der Waals surface area contributed by atoms with Crippen LogP contribution < -0.4 is 14.2 Å². The van der Waals surface area contributed by atoms with Gasteiger partial charge >= 0.3 is 0 Å². The van der Waals surface area contributed by atoms with E-state index in [0.29, 0.717) is 22.1 Å². The van der Waals surface area contributed by atoms with Crippen molar-refractivity contribution in [3.05, 3.63) is 65.9 Å². The lowest BCUT2D eigenvalue weighted by Gasteiger charge is -2.16. The Morgan fingerprint density at radius 3 is 2.38 bits per heavy atom. The minimum absolute atomic E-state index is 0.0206. The van der Waals surface area contributed by atoms with Crippen LogP contribution in [0, 0.1) is 0 Å². The predicted octanol–water partition coefficient (Wildman–Crippen LogP) is 3.95. The van der Waals surface area contributed by atoms with Gasteiger partial charge in [0.25, 0.3) is 10.0 Å². The van der Waals surface area contributed by atoms with Gasteiger partial charge in [0, 0.05) is 23.5 Å². The zero-order chi connectivity index (χ0) is 18.7. The van der Waals surface area contributed by atoms with Crippen molar-refractivity contribution in [3.8, 4) is 17.2 Å². The van der Waals surface area contributed by atoms with Gasteiger partial charge in [0.2, 0.25) is 0 Å². The number of nitrogens with zero attached hydrogens (tertiary/aromatic N) is 1. The summed E-state index contributed by atoms with van der Waals surface area (Å²) >= 11 is 6.08. The maximum Gasteiger partial charge on any atom is 0.265 e. The molecule has 0 atom stereocenters. The second kappa shape index (κ2) is 7.31. The number of rotatable bonds is 6. The van der Waals surface area contributed by atoms with Crippen LogP contribution in [0.25, 0.3) is 5.69 Å². The fourth-order valence-electron chi connectivity index (χ4n) is 2.49. The topological polar surface area (TPSA) is 69.6 Å². The van der Waals surface area contributed by atoms with E-state index in [1.54, 1.807) is 47.3 Å². The van der Waals surface area contributed by atoms with Crippen LogP contribution in [0.5, 0.6) is 11.5 Å². The number of methoxy groups -OCH3 is 2. The molecule has 0 aliphatic rings. The smallest absolute Gasteiger partial charge is 0.265 e. The van der Waals surface area contributed by atoms with E-state index in [9.17, 15) is 8.42 Å². The molecule has 136 valence electrons. The maximum atomic E-state index is 13.0. The van der Waals surface area contributed by atoms with Crippen molar-refractivity contribution >= 4 is 27.3 Å². The third kappa shape index (κ3) is 3.63. The lowest BCUT2D eigenvalue weighted by Crippen LogP contribution is -2.15. The zero-order valence-electron chi connectivity index (χ0n) is 14.1. The third-order valence-electron chi connectivity index (χ3n) is 3.75. The van der Waals surface area contributed by atoms with Gasteiger partial charge in [-0.1, -0.05) is 11.6 Å². The molecular formula is C18H17ClN2O4S. The first kappa shape index (κ1) is 18.2. The Balaban J connectivity index is 2.07. The highest BCUT2D eigenvalue weighted by molar-refractivity contribution is 7.92. The number of benzene rings is 2. The van der Waals surface area contributed by atoms with E-state index in [1.807, 2.05) is 12.1 Å². The van der Waals surface area contributed by atoms with E-state index >= 15 is 0 Å². The Bertz CT molecular complexity index is 1020. The molecule has 0 aliphatic carbocycles. The number of nitrogens with one attached hydrogen (secondary N) is 1. The fraction of sp³-hybridized carbons (Fsp3) is 0.111. The Morgan fingerprint density at radius 1 is 1.00 bits per heavy atom. The van der Waals surface area contributed by atoms with Gasteiger partial charge in [-0.25, -0.2) is 8.42 Å². The van der Waals surface area contributed by atoms with Gasteiger partial charge in [-0.05, 0) is 42.5 Å². The summed E-state index contributed by atoms with van der Waals surface area (Å²) in [6, 6.07) is 13.2. The van der Waals surface area contributed by atoms with Gasteiger partial charge in [0.1, 0.15) is 16.4 Å². The molecule has 1 N–H and O–H groups in total. The number of anilines is 1. The molecule has 2 aromatic carbocycles. The van der Waals surface area contributed by atoms with Crippen molar-refractivity contribution in [1.29, 1.82) is 0 Å². The van der Waals surface area contributed by atoms with Crippen molar-refractivity contribution in [2.24, 2.45) is 0 Å². The first-order chi connectivity index (χ1) is 12.4. The average molecular weight is 393 g/mol. The minimum Gasteiger partial charge on any atom is -0.497 e. The van der Waals surface area contributed by atoms with Gasteiger partial charge in [0.15, 0.2) is 0 Å². The summed E-state index contributed by atoms with van der Waals surface area (Å²) < 4.78 is 40.6. The van der Waals surface area contributed by atoms with E-state index in [1.165, 1.54) is 20.3 Å². The zero-order valence-corrected chi connectivity index (χ0v) is 15.7. The summed E-state index contributed by atoms with van der Waals surface area (Å²) in [7, 11) is -1.05. The molecule has 8 heteroatoms. The molecule has 0 radical (unpaired) electrons. The van der Waals surface area contributed by atoms with Crippen LogP contribution in [0.2, 0.25) is 5.02 Å². The number of sulfonamides is 1. The summed E-state index contributed by atoms with van der Waals surface area (Å²) in [5, 5.41) is 0.496. The van der Waals surface area contributed by atoms with E-state index in [4.69, 9.17) is 21.1 Å². The molecule has 6 nitrogen and oxygen atoms in total. The van der Waals surface area contributed by atoms with Crippen molar-refractivity contribution in [1.82, 2.24) is 4.57 Å². The molecule has 0 saturated carbocycles. The van der Waals surface area contributed by atoms with Crippen LogP contribution in [-0.4, -0.2) is 27.2 Å². The Hall–Kier alpha value is -2.64. The van der Waals surface area contributed by atoms with Crippen LogP contribution in [0.15, 0.2) is 65.8 Å². The first-order valence-corrected chi connectivity index (χ1v) is 9.48. The van der Waals surface area contributed by atoms with Gasteiger partial charge < -0.3 is 14.0 Å². The third-order valence-corrected chi connectivity index (χ3v) is 5.37. The van der Waals surface area contributed by atoms with Gasteiger partial charge in [0.05, 0.1) is 25.6 Å². The second-order valence-corrected chi connectivity index (χ2v) is 7.46. The van der Waals surface area contributed by atoms with Crippen LogP contribution in [0.1, 0.15) is 0 Å². The van der Waals surface area contributed by atoms with E-state index in [-0.39, 0.29) is 10.6 Å². The maximum absolute atomic E-state index is 13.0. The normalized spacial score (nSPS) is 11.2. The summed E-state index contributed by atoms with van der Waals surface area (Å²) in [6.45, 7) is 0. The van der Waals surface area contributed by atoms with Crippen LogP contribution in [0.4, 0.5) is 5.69 Å². The summed E-state index contributed by atoms with van der Waals surface area (Å²) in [6.07, 6.45) is 3.60. The Labute approximate surface area is 157 Å². The molecule has 0 bridgehead atoms. The highest BCUT2D eigenvalue weighted by Crippen LogP contribution is 2.32. The number of hydrogen-bond donors (Lipinski definition) is 1. The second-order valence-electron chi connectivity index (χ2n) is 5.37. The SMILES string of the molecule is COc1ccc(OC)c(S(=O)(=O)Nc2ccc(Cl)cc2-n2cccc2)c1. The summed E-state index contributed by atoms with van der Waals surface area (Å²) in [4.78, 5) is -0.0206. The molecule has 26 heavy (non-hydrogen) atoms. The lowest BCUT2D eigenvalue weighted by atomic mass is 10.2. The van der Waals surface area contributed by atoms with Crippen molar-refractivity contribution in [2.75, 3.05) is 18.9 Å². The van der Waals surface area contributed by atoms with E-state index in [0.717, 1.165) is 0 Å². The predicted molar refractivity (Wildman–Crippen MR) is 101 cm³/mol. The molecule has 0 aliphatic heterocycles. The van der Waals surface area contributed by atoms with Crippen molar-refractivity contribution in [3.63, 3.8) is 0 Å². The number of ether oxygens (including phenoxy) is 2. The number of aromatic nitrogens is 1. The molecule has 1 aromatic heterocycles. The van der Waals surface area contributed by atoms with Crippen LogP contribution in [-0.2, 0) is 10.0 Å². The average Bonchev–Trinajstić information content (AvgIpc) is 3.17. The van der Waals surface area contributed by atoms with Crippen LogP contribution in [0.3, 0.4) is 0 Å². The largest absolute Gasteiger partial charge is 0.497 e. The molecule has 0 saturated heterocycles. The molecule has 0 fully saturated rings. The number of halogens is 1. The highest BCUT2D eigenvalue weighted by Gasteiger charge is 2.22. The van der Waals surface area contributed by atoms with Gasteiger partial charge in [-0.2, -0.15) is 0 Å². The monoisotopic (exact) mass is 392 g/mol. The molecule has 0 spiro atoms. The molecule has 3 rings (SSSR count). The highest BCUT2D eigenvalue weighted by atomic mass is 35.5. The minimum atomic E-state index is -3.93. The standard InChI is InChI=1S/C18H17ClN2O4S/c1-24-14-6-8-17(25-2)18(12-14)26(22,23)20-15-7-5-13(19)11-16(15)21-9-3-4-10-21/h3-12,20H,1-2H3. The van der Waals surface area contributed by atoms with E-state index < -0.39 is 10.0 Å². The van der Waals surface area contributed by atoms with Gasteiger partial charge in [-0.15, -0.1) is 0 Å². The van der Waals surface area contributed by atoms with Gasteiger partial charge in [-0.3, -0.25) is 4.72 Å². The van der Waals surface area contributed by atoms with Crippen LogP contribution >= 0.6 is 11.6 Å². The van der Waals surface area contributed by atoms with Crippen molar-refractivity contribution in [2.45, 2.75) is 4.90 Å². The van der Waals surface area contributed by atoms with Crippen molar-refractivity contribution < 1.29 is 17.9 Å². The molecule has 1 heterocycles.